The van der Waals surface area contributed by atoms with E-state index in [2.05, 4.69) is 15.6 Å². The van der Waals surface area contributed by atoms with Crippen molar-refractivity contribution in [3.05, 3.63) is 54.1 Å². The van der Waals surface area contributed by atoms with Crippen molar-refractivity contribution in [3.8, 4) is 0 Å². The van der Waals surface area contributed by atoms with Crippen molar-refractivity contribution in [3.63, 3.8) is 0 Å². The number of halogens is 2. The zero-order valence-corrected chi connectivity index (χ0v) is 29.2. The number of nitrogens with one attached hydrogen (secondary N) is 2. The van der Waals surface area contributed by atoms with Gasteiger partial charge in [-0.15, -0.1) is 0 Å². The lowest BCUT2D eigenvalue weighted by Crippen LogP contribution is -2.52. The zero-order valence-electron chi connectivity index (χ0n) is 27.6. The van der Waals surface area contributed by atoms with Crippen molar-refractivity contribution >= 4 is 42.8 Å². The summed E-state index contributed by atoms with van der Waals surface area (Å²) in [5.74, 6) is -4.76. The second kappa shape index (κ2) is 15.1. The highest BCUT2D eigenvalue weighted by molar-refractivity contribution is 7.89. The maximum Gasteiger partial charge on any atom is 0.407 e. The second-order valence-electron chi connectivity index (χ2n) is 13.6. The van der Waals surface area contributed by atoms with Gasteiger partial charge in [0.25, 0.3) is 5.92 Å². The first kappa shape index (κ1) is 35.9. The van der Waals surface area contributed by atoms with Gasteiger partial charge in [-0.05, 0) is 48.9 Å². The van der Waals surface area contributed by atoms with Gasteiger partial charge in [0.15, 0.2) is 11.4 Å². The summed E-state index contributed by atoms with van der Waals surface area (Å²) in [7, 11) is -4.10. The third kappa shape index (κ3) is 8.51. The van der Waals surface area contributed by atoms with E-state index in [4.69, 9.17) is 14.2 Å². The molecular formula is C34H44F2N4O7S2. The van der Waals surface area contributed by atoms with Crippen molar-refractivity contribution < 1.29 is 41.3 Å². The molecule has 1 aliphatic carbocycles. The topological polar surface area (TPSA) is 139 Å². The van der Waals surface area contributed by atoms with E-state index in [1.165, 1.54) is 41.0 Å². The number of aliphatic hydroxyl groups is 1. The van der Waals surface area contributed by atoms with Crippen LogP contribution in [-0.2, 0) is 30.7 Å². The summed E-state index contributed by atoms with van der Waals surface area (Å²) in [6, 6.07) is 13.2. The highest BCUT2D eigenvalue weighted by atomic mass is 32.2. The molecule has 2 aromatic carbocycles. The fourth-order valence-corrected chi connectivity index (χ4v) is 9.48. The van der Waals surface area contributed by atoms with Gasteiger partial charge in [-0.2, -0.15) is 4.31 Å². The highest BCUT2D eigenvalue weighted by Crippen LogP contribution is 2.43. The standard InChI is InChI=1S/C34H44F2N4O7S2/c1-21(2)17-40(49(43,44)24-13-14-25-29(16-24)48-32(38-25)37-23-11-7-4-8-12-23)18-27(41)26(15-22-9-5-3-6-10-22)39-33(42)47-28-19-45-31-30(28)34(35,36)20-46-31/h3,5-6,9-10,13-14,16,21,23,26-28,30-31,41H,4,7-8,11-12,15,17-20H2,1-2H3,(H,37,38)(H,39,42)/t26-,27+,28?,30-,31-/m0/s1. The number of thiazole rings is 1. The lowest BCUT2D eigenvalue weighted by atomic mass is 9.96. The molecule has 0 bridgehead atoms. The number of rotatable bonds is 13. The monoisotopic (exact) mass is 722 g/mol. The van der Waals surface area contributed by atoms with Crippen LogP contribution in [0, 0.1) is 11.8 Å². The smallest absolute Gasteiger partial charge is 0.407 e. The quantitative estimate of drug-likeness (QED) is 0.212. The van der Waals surface area contributed by atoms with Gasteiger partial charge in [0, 0.05) is 19.1 Å². The molecule has 0 radical (unpaired) electrons. The van der Waals surface area contributed by atoms with Gasteiger partial charge in [0.05, 0.1) is 33.9 Å². The third-order valence-electron chi connectivity index (χ3n) is 9.26. The Morgan fingerprint density at radius 1 is 1.12 bits per heavy atom. The lowest BCUT2D eigenvalue weighted by molar-refractivity contribution is -0.0953. The molecule has 3 N–H and O–H groups in total. The van der Waals surface area contributed by atoms with Crippen LogP contribution in [0.5, 0.6) is 0 Å². The van der Waals surface area contributed by atoms with Gasteiger partial charge in [0.1, 0.15) is 18.6 Å². The first-order valence-electron chi connectivity index (χ1n) is 16.9. The number of hydrogen-bond donors (Lipinski definition) is 3. The number of sulfonamides is 1. The Bertz CT molecular complexity index is 1690. The summed E-state index contributed by atoms with van der Waals surface area (Å²) < 4.78 is 74.8. The van der Waals surface area contributed by atoms with Crippen LogP contribution in [0.4, 0.5) is 18.7 Å². The first-order valence-corrected chi connectivity index (χ1v) is 19.1. The summed E-state index contributed by atoms with van der Waals surface area (Å²) in [5, 5.41) is 18.5. The van der Waals surface area contributed by atoms with Gasteiger partial charge < -0.3 is 30.0 Å². The first-order chi connectivity index (χ1) is 23.4. The molecule has 1 saturated carbocycles. The van der Waals surface area contributed by atoms with Gasteiger partial charge in [0.2, 0.25) is 10.0 Å². The number of carbonyl (C=O) groups excluding carboxylic acids is 1. The number of carbonyl (C=O) groups is 1. The number of benzene rings is 2. The van der Waals surface area contributed by atoms with Crippen LogP contribution in [0.1, 0.15) is 51.5 Å². The van der Waals surface area contributed by atoms with E-state index in [0.717, 1.165) is 28.2 Å². The molecule has 0 spiro atoms. The molecule has 6 rings (SSSR count). The molecule has 5 atom stereocenters. The molecule has 2 aliphatic heterocycles. The summed E-state index contributed by atoms with van der Waals surface area (Å²) >= 11 is 1.41. The summed E-state index contributed by atoms with van der Waals surface area (Å²) in [5.41, 5.74) is 1.46. The third-order valence-corrected chi connectivity index (χ3v) is 12.0. The van der Waals surface area contributed by atoms with Crippen LogP contribution in [0.2, 0.25) is 0 Å². The molecular weight excluding hydrogens is 679 g/mol. The van der Waals surface area contributed by atoms with E-state index in [9.17, 15) is 27.1 Å². The van der Waals surface area contributed by atoms with Crippen molar-refractivity contribution in [2.75, 3.05) is 31.6 Å². The number of anilines is 1. The van der Waals surface area contributed by atoms with Gasteiger partial charge in [-0.25, -0.2) is 27.0 Å². The van der Waals surface area contributed by atoms with Gasteiger partial charge in [-0.3, -0.25) is 0 Å². The SMILES string of the molecule is CC(C)CN(C[C@@H](O)[C@H](Cc1ccccc1)NC(=O)OC1CO[C@H]2OCC(F)(F)[C@@H]12)S(=O)(=O)c1ccc2nc(NC3CCCCC3)sc2c1. The zero-order chi connectivity index (χ0) is 34.8. The molecule has 3 aromatic rings. The Balaban J connectivity index is 1.19. The number of alkyl carbamates (subject to hydrolysis) is 1. The van der Waals surface area contributed by atoms with Gasteiger partial charge in [-0.1, -0.05) is 74.8 Å². The maximum absolute atomic E-state index is 14.4. The minimum Gasteiger partial charge on any atom is -0.443 e. The Kier molecular flexibility index (Phi) is 11.1. The van der Waals surface area contributed by atoms with Crippen molar-refractivity contribution in [1.82, 2.24) is 14.6 Å². The molecule has 1 unspecified atom stereocenters. The number of aromatic nitrogens is 1. The molecule has 2 saturated heterocycles. The Morgan fingerprint density at radius 3 is 2.61 bits per heavy atom. The summed E-state index contributed by atoms with van der Waals surface area (Å²) in [4.78, 5) is 17.9. The average Bonchev–Trinajstić information content (AvgIpc) is 3.75. The number of alkyl halides is 2. The number of aliphatic hydroxyl groups excluding tert-OH is 1. The van der Waals surface area contributed by atoms with E-state index >= 15 is 0 Å². The van der Waals surface area contributed by atoms with E-state index in [1.54, 1.807) is 24.3 Å². The van der Waals surface area contributed by atoms with Crippen LogP contribution in [-0.4, -0.2) is 91.7 Å². The number of nitrogens with zero attached hydrogens (tertiary/aromatic N) is 2. The van der Waals surface area contributed by atoms with Crippen LogP contribution >= 0.6 is 11.3 Å². The second-order valence-corrected chi connectivity index (χ2v) is 16.6. The predicted molar refractivity (Wildman–Crippen MR) is 181 cm³/mol. The average molecular weight is 723 g/mol. The fourth-order valence-electron chi connectivity index (χ4n) is 6.78. The molecule has 15 heteroatoms. The normalized spacial score (nSPS) is 23.9. The molecule has 3 fully saturated rings. The van der Waals surface area contributed by atoms with Crippen molar-refractivity contribution in [2.24, 2.45) is 11.8 Å². The molecule has 268 valence electrons. The molecule has 3 heterocycles. The Hall–Kier alpha value is -2.95. The van der Waals surface area contributed by atoms with Crippen LogP contribution in [0.15, 0.2) is 53.4 Å². The fraction of sp³-hybridized carbons (Fsp3) is 0.588. The summed E-state index contributed by atoms with van der Waals surface area (Å²) in [6.07, 6.45) is 1.05. The van der Waals surface area contributed by atoms with Crippen LogP contribution in [0.3, 0.4) is 0 Å². The largest absolute Gasteiger partial charge is 0.443 e. The molecule has 3 aliphatic rings. The Morgan fingerprint density at radius 2 is 1.88 bits per heavy atom. The van der Waals surface area contributed by atoms with E-state index in [-0.39, 0.29) is 36.9 Å². The number of ether oxygens (including phenoxy) is 3. The van der Waals surface area contributed by atoms with E-state index < -0.39 is 59.1 Å². The minimum atomic E-state index is -4.10. The van der Waals surface area contributed by atoms with Crippen LogP contribution < -0.4 is 10.6 Å². The Labute approximate surface area is 289 Å². The van der Waals surface area contributed by atoms with E-state index in [0.29, 0.717) is 11.6 Å². The number of amides is 1. The minimum absolute atomic E-state index is 0.0724. The number of fused-ring (bicyclic) bond motifs is 2. The summed E-state index contributed by atoms with van der Waals surface area (Å²) in [6.45, 7) is 2.44. The van der Waals surface area contributed by atoms with E-state index in [1.807, 2.05) is 32.0 Å². The maximum atomic E-state index is 14.4. The molecule has 1 aromatic heterocycles. The lowest BCUT2D eigenvalue weighted by Gasteiger charge is -2.31. The van der Waals surface area contributed by atoms with Crippen molar-refractivity contribution in [1.29, 1.82) is 0 Å². The molecule has 11 nitrogen and oxygen atoms in total. The van der Waals surface area contributed by atoms with Crippen LogP contribution in [0.25, 0.3) is 10.2 Å². The predicted octanol–water partition coefficient (Wildman–Crippen LogP) is 5.39. The molecule has 49 heavy (non-hydrogen) atoms. The highest BCUT2D eigenvalue weighted by Gasteiger charge is 2.60. The molecule has 1 amide bonds. The van der Waals surface area contributed by atoms with Gasteiger partial charge >= 0.3 is 6.09 Å². The number of hydrogen-bond acceptors (Lipinski definition) is 10. The van der Waals surface area contributed by atoms with Crippen molar-refractivity contribution in [2.45, 2.75) is 93.8 Å².